The summed E-state index contributed by atoms with van der Waals surface area (Å²) >= 11 is 3.37. The molecule has 0 bridgehead atoms. The molecule has 0 atom stereocenters. The SMILES string of the molecule is Cc1cc(Br)ccc1NC(=O)c1cccn(-c2ccc(F)cc2)c1=O. The smallest absolute Gasteiger partial charge is 0.267 e. The van der Waals surface area contributed by atoms with E-state index in [1.165, 1.54) is 41.1 Å². The van der Waals surface area contributed by atoms with Gasteiger partial charge >= 0.3 is 0 Å². The summed E-state index contributed by atoms with van der Waals surface area (Å²) < 4.78 is 15.3. The summed E-state index contributed by atoms with van der Waals surface area (Å²) in [7, 11) is 0. The Balaban J connectivity index is 1.95. The molecular weight excluding hydrogens is 387 g/mol. The van der Waals surface area contributed by atoms with E-state index in [-0.39, 0.29) is 5.56 Å². The number of nitrogens with one attached hydrogen (secondary N) is 1. The average molecular weight is 401 g/mol. The Morgan fingerprint density at radius 1 is 1.12 bits per heavy atom. The van der Waals surface area contributed by atoms with Crippen LogP contribution in [0.5, 0.6) is 0 Å². The van der Waals surface area contributed by atoms with Gasteiger partial charge in [0.2, 0.25) is 0 Å². The molecule has 6 heteroatoms. The predicted molar refractivity (Wildman–Crippen MR) is 98.8 cm³/mol. The van der Waals surface area contributed by atoms with E-state index in [9.17, 15) is 14.0 Å². The third-order valence-electron chi connectivity index (χ3n) is 3.73. The number of rotatable bonds is 3. The second kappa shape index (κ2) is 7.03. The van der Waals surface area contributed by atoms with Crippen molar-refractivity contribution in [1.29, 1.82) is 0 Å². The molecule has 0 saturated heterocycles. The molecule has 0 aliphatic carbocycles. The minimum Gasteiger partial charge on any atom is -0.322 e. The average Bonchev–Trinajstić information content (AvgIpc) is 2.58. The zero-order chi connectivity index (χ0) is 18.0. The zero-order valence-corrected chi connectivity index (χ0v) is 14.9. The molecule has 1 aromatic heterocycles. The lowest BCUT2D eigenvalue weighted by Gasteiger charge is -2.10. The van der Waals surface area contributed by atoms with Gasteiger partial charge in [-0.1, -0.05) is 15.9 Å². The van der Waals surface area contributed by atoms with Crippen LogP contribution in [0, 0.1) is 12.7 Å². The lowest BCUT2D eigenvalue weighted by molar-refractivity contribution is 0.102. The molecule has 0 unspecified atom stereocenters. The number of amides is 1. The number of pyridine rings is 1. The van der Waals surface area contributed by atoms with Crippen LogP contribution in [-0.2, 0) is 0 Å². The number of carbonyl (C=O) groups excluding carboxylic acids is 1. The van der Waals surface area contributed by atoms with Crippen molar-refractivity contribution < 1.29 is 9.18 Å². The molecule has 1 heterocycles. The fraction of sp³-hybridized carbons (Fsp3) is 0.0526. The molecule has 4 nitrogen and oxygen atoms in total. The molecule has 126 valence electrons. The Hall–Kier alpha value is -2.73. The highest BCUT2D eigenvalue weighted by Crippen LogP contribution is 2.20. The molecule has 3 aromatic rings. The second-order valence-electron chi connectivity index (χ2n) is 5.49. The summed E-state index contributed by atoms with van der Waals surface area (Å²) in [5.74, 6) is -0.886. The van der Waals surface area contributed by atoms with Crippen LogP contribution in [0.15, 0.2) is 70.1 Å². The van der Waals surface area contributed by atoms with Gasteiger partial charge in [-0.15, -0.1) is 0 Å². The first-order chi connectivity index (χ1) is 12.0. The number of carbonyl (C=O) groups is 1. The van der Waals surface area contributed by atoms with Gasteiger partial charge in [0.25, 0.3) is 11.5 Å². The summed E-state index contributed by atoms with van der Waals surface area (Å²) in [5.41, 5.74) is 1.53. The van der Waals surface area contributed by atoms with Gasteiger partial charge in [-0.05, 0) is 67.1 Å². The standard InChI is InChI=1S/C19H14BrFN2O2/c1-12-11-13(20)4-9-17(12)22-18(24)16-3-2-10-23(19(16)25)15-7-5-14(21)6-8-15/h2-11H,1H3,(H,22,24). The van der Waals surface area contributed by atoms with Crippen LogP contribution in [-0.4, -0.2) is 10.5 Å². The van der Waals surface area contributed by atoms with Crippen LogP contribution in [0.25, 0.3) is 5.69 Å². The Kier molecular flexibility index (Phi) is 4.81. The first kappa shape index (κ1) is 17.1. The van der Waals surface area contributed by atoms with Crippen LogP contribution in [0.4, 0.5) is 10.1 Å². The Morgan fingerprint density at radius 3 is 2.52 bits per heavy atom. The number of hydrogen-bond donors (Lipinski definition) is 1. The van der Waals surface area contributed by atoms with E-state index >= 15 is 0 Å². The van der Waals surface area contributed by atoms with Gasteiger partial charge in [0.15, 0.2) is 0 Å². The maximum atomic E-state index is 13.1. The van der Waals surface area contributed by atoms with Crippen LogP contribution < -0.4 is 10.9 Å². The Labute approximate surface area is 152 Å². The van der Waals surface area contributed by atoms with Gasteiger partial charge in [-0.3, -0.25) is 14.2 Å². The molecule has 1 amide bonds. The first-order valence-electron chi connectivity index (χ1n) is 7.51. The van der Waals surface area contributed by atoms with Crippen LogP contribution >= 0.6 is 15.9 Å². The Morgan fingerprint density at radius 2 is 1.84 bits per heavy atom. The monoisotopic (exact) mass is 400 g/mol. The number of nitrogens with zero attached hydrogens (tertiary/aromatic N) is 1. The topological polar surface area (TPSA) is 51.1 Å². The number of aryl methyl sites for hydroxylation is 1. The molecular formula is C19H14BrFN2O2. The molecule has 0 saturated carbocycles. The molecule has 0 aliphatic heterocycles. The predicted octanol–water partition coefficient (Wildman–Crippen LogP) is 4.30. The van der Waals surface area contributed by atoms with Crippen molar-refractivity contribution in [2.45, 2.75) is 6.92 Å². The van der Waals surface area contributed by atoms with Gasteiger partial charge in [0, 0.05) is 22.0 Å². The molecule has 0 aliphatic rings. The van der Waals surface area contributed by atoms with Crippen LogP contribution in [0.2, 0.25) is 0 Å². The van der Waals surface area contributed by atoms with E-state index in [0.29, 0.717) is 11.4 Å². The lowest BCUT2D eigenvalue weighted by Crippen LogP contribution is -2.28. The van der Waals surface area contributed by atoms with Crippen molar-refractivity contribution in [1.82, 2.24) is 4.57 Å². The van der Waals surface area contributed by atoms with Gasteiger partial charge in [-0.2, -0.15) is 0 Å². The van der Waals surface area contributed by atoms with E-state index in [1.807, 2.05) is 19.1 Å². The highest BCUT2D eigenvalue weighted by Gasteiger charge is 2.14. The number of aromatic nitrogens is 1. The minimum atomic E-state index is -0.494. The van der Waals surface area contributed by atoms with E-state index in [2.05, 4.69) is 21.2 Å². The third-order valence-corrected chi connectivity index (χ3v) is 4.23. The van der Waals surface area contributed by atoms with Gasteiger partial charge in [0.1, 0.15) is 11.4 Å². The first-order valence-corrected chi connectivity index (χ1v) is 8.30. The van der Waals surface area contributed by atoms with Crippen molar-refractivity contribution in [3.63, 3.8) is 0 Å². The summed E-state index contributed by atoms with van der Waals surface area (Å²) in [6.07, 6.45) is 1.54. The zero-order valence-electron chi connectivity index (χ0n) is 13.3. The van der Waals surface area contributed by atoms with Crippen LogP contribution in [0.3, 0.4) is 0 Å². The number of halogens is 2. The van der Waals surface area contributed by atoms with E-state index in [1.54, 1.807) is 12.1 Å². The quantitative estimate of drug-likeness (QED) is 0.712. The van der Waals surface area contributed by atoms with E-state index in [0.717, 1.165) is 10.0 Å². The largest absolute Gasteiger partial charge is 0.322 e. The summed E-state index contributed by atoms with van der Waals surface area (Å²) in [6, 6.07) is 14.0. The summed E-state index contributed by atoms with van der Waals surface area (Å²) in [6.45, 7) is 1.86. The molecule has 0 radical (unpaired) electrons. The molecule has 1 N–H and O–H groups in total. The molecule has 2 aromatic carbocycles. The highest BCUT2D eigenvalue weighted by molar-refractivity contribution is 9.10. The van der Waals surface area contributed by atoms with E-state index < -0.39 is 17.3 Å². The maximum absolute atomic E-state index is 13.1. The molecule has 3 rings (SSSR count). The van der Waals surface area contributed by atoms with Crippen molar-refractivity contribution in [2.75, 3.05) is 5.32 Å². The van der Waals surface area contributed by atoms with Crippen molar-refractivity contribution in [3.05, 3.63) is 92.6 Å². The third kappa shape index (κ3) is 3.69. The molecule has 0 spiro atoms. The van der Waals surface area contributed by atoms with Crippen molar-refractivity contribution in [3.8, 4) is 5.69 Å². The molecule has 0 fully saturated rings. The summed E-state index contributed by atoms with van der Waals surface area (Å²) in [5, 5.41) is 2.75. The fourth-order valence-electron chi connectivity index (χ4n) is 2.43. The minimum absolute atomic E-state index is 0.00847. The van der Waals surface area contributed by atoms with Gasteiger partial charge in [0.05, 0.1) is 0 Å². The van der Waals surface area contributed by atoms with Crippen molar-refractivity contribution in [2.24, 2.45) is 0 Å². The van der Waals surface area contributed by atoms with Gasteiger partial charge in [-0.25, -0.2) is 4.39 Å². The summed E-state index contributed by atoms with van der Waals surface area (Å²) in [4.78, 5) is 25.1. The normalized spacial score (nSPS) is 10.5. The Bertz CT molecular complexity index is 997. The second-order valence-corrected chi connectivity index (χ2v) is 6.40. The molecule has 25 heavy (non-hydrogen) atoms. The maximum Gasteiger partial charge on any atom is 0.267 e. The van der Waals surface area contributed by atoms with E-state index in [4.69, 9.17) is 0 Å². The lowest BCUT2D eigenvalue weighted by atomic mass is 10.2. The fourth-order valence-corrected chi connectivity index (χ4v) is 2.90. The highest BCUT2D eigenvalue weighted by atomic mass is 79.9. The number of anilines is 1. The van der Waals surface area contributed by atoms with Gasteiger partial charge < -0.3 is 5.32 Å². The van der Waals surface area contributed by atoms with Crippen molar-refractivity contribution >= 4 is 27.5 Å². The number of hydrogen-bond acceptors (Lipinski definition) is 2. The van der Waals surface area contributed by atoms with Crippen LogP contribution in [0.1, 0.15) is 15.9 Å². The number of benzene rings is 2.